The van der Waals surface area contributed by atoms with Crippen molar-refractivity contribution in [2.75, 3.05) is 11.9 Å². The van der Waals surface area contributed by atoms with Crippen molar-refractivity contribution in [3.8, 4) is 0 Å². The third kappa shape index (κ3) is 4.05. The molecule has 13 heavy (non-hydrogen) atoms. The molecule has 0 aliphatic rings. The Kier molecular flexibility index (Phi) is 3.92. The van der Waals surface area contributed by atoms with Crippen LogP contribution in [0.25, 0.3) is 0 Å². The molecular weight excluding hydrogens is 190 g/mol. The summed E-state index contributed by atoms with van der Waals surface area (Å²) < 4.78 is 0. The molecule has 0 radical (unpaired) electrons. The van der Waals surface area contributed by atoms with Crippen molar-refractivity contribution in [1.82, 2.24) is 9.97 Å². The highest BCUT2D eigenvalue weighted by Gasteiger charge is 1.97. The SMILES string of the molecule is C[C@H](O)CCNc1cc(Cl)ncn1. The van der Waals surface area contributed by atoms with Crippen LogP contribution >= 0.6 is 11.6 Å². The van der Waals surface area contributed by atoms with E-state index < -0.39 is 0 Å². The van der Waals surface area contributed by atoms with Gasteiger partial charge in [0, 0.05) is 12.6 Å². The monoisotopic (exact) mass is 201 g/mol. The third-order valence-corrected chi connectivity index (χ3v) is 1.71. The minimum absolute atomic E-state index is 0.301. The van der Waals surface area contributed by atoms with E-state index in [0.29, 0.717) is 23.9 Å². The van der Waals surface area contributed by atoms with Crippen molar-refractivity contribution < 1.29 is 5.11 Å². The first-order valence-electron chi connectivity index (χ1n) is 4.08. The molecule has 0 unspecified atom stereocenters. The van der Waals surface area contributed by atoms with Gasteiger partial charge in [-0.15, -0.1) is 0 Å². The second-order valence-electron chi connectivity index (χ2n) is 2.79. The van der Waals surface area contributed by atoms with Gasteiger partial charge in [0.1, 0.15) is 17.3 Å². The lowest BCUT2D eigenvalue weighted by Gasteiger charge is -2.06. The molecule has 2 N–H and O–H groups in total. The largest absolute Gasteiger partial charge is 0.393 e. The van der Waals surface area contributed by atoms with Crippen LogP contribution in [0.2, 0.25) is 5.15 Å². The van der Waals surface area contributed by atoms with E-state index in [0.717, 1.165) is 0 Å². The molecule has 0 aliphatic carbocycles. The van der Waals surface area contributed by atoms with Crippen molar-refractivity contribution in [2.45, 2.75) is 19.4 Å². The van der Waals surface area contributed by atoms with Gasteiger partial charge in [0.25, 0.3) is 0 Å². The summed E-state index contributed by atoms with van der Waals surface area (Å²) in [4.78, 5) is 7.70. The van der Waals surface area contributed by atoms with Crippen LogP contribution in [0, 0.1) is 0 Å². The highest BCUT2D eigenvalue weighted by molar-refractivity contribution is 6.29. The van der Waals surface area contributed by atoms with Gasteiger partial charge >= 0.3 is 0 Å². The Morgan fingerprint density at radius 3 is 3.00 bits per heavy atom. The Balaban J connectivity index is 2.37. The molecule has 0 saturated heterocycles. The van der Waals surface area contributed by atoms with Gasteiger partial charge in [0.15, 0.2) is 0 Å². The average Bonchev–Trinajstić information content (AvgIpc) is 2.03. The van der Waals surface area contributed by atoms with E-state index in [1.165, 1.54) is 6.33 Å². The van der Waals surface area contributed by atoms with E-state index in [-0.39, 0.29) is 6.10 Å². The predicted octanol–water partition coefficient (Wildman–Crippen LogP) is 1.31. The van der Waals surface area contributed by atoms with Gasteiger partial charge in [-0.05, 0) is 13.3 Å². The Bertz CT molecular complexity index is 267. The van der Waals surface area contributed by atoms with Crippen molar-refractivity contribution in [3.63, 3.8) is 0 Å². The zero-order valence-electron chi connectivity index (χ0n) is 7.37. The fourth-order valence-electron chi connectivity index (χ4n) is 0.839. The number of nitrogens with zero attached hydrogens (tertiary/aromatic N) is 2. The zero-order valence-corrected chi connectivity index (χ0v) is 8.12. The molecule has 0 saturated carbocycles. The maximum atomic E-state index is 8.99. The Hall–Kier alpha value is -0.870. The number of aliphatic hydroxyl groups excluding tert-OH is 1. The van der Waals surface area contributed by atoms with Gasteiger partial charge in [-0.25, -0.2) is 9.97 Å². The molecule has 1 rings (SSSR count). The topological polar surface area (TPSA) is 58.0 Å². The van der Waals surface area contributed by atoms with Crippen molar-refractivity contribution in [3.05, 3.63) is 17.5 Å². The quantitative estimate of drug-likeness (QED) is 0.722. The van der Waals surface area contributed by atoms with Gasteiger partial charge in [-0.1, -0.05) is 11.6 Å². The number of aromatic nitrogens is 2. The number of halogens is 1. The van der Waals surface area contributed by atoms with E-state index in [4.69, 9.17) is 16.7 Å². The van der Waals surface area contributed by atoms with Gasteiger partial charge in [0.2, 0.25) is 0 Å². The minimum atomic E-state index is -0.301. The van der Waals surface area contributed by atoms with Crippen LogP contribution in [0.15, 0.2) is 12.4 Å². The number of rotatable bonds is 4. The summed E-state index contributed by atoms with van der Waals surface area (Å²) in [6, 6.07) is 1.64. The number of aliphatic hydroxyl groups is 1. The molecule has 1 heterocycles. The van der Waals surface area contributed by atoms with Crippen molar-refractivity contribution >= 4 is 17.4 Å². The first-order chi connectivity index (χ1) is 6.18. The van der Waals surface area contributed by atoms with E-state index in [9.17, 15) is 0 Å². The van der Waals surface area contributed by atoms with Crippen LogP contribution < -0.4 is 5.32 Å². The number of hydrogen-bond donors (Lipinski definition) is 2. The molecule has 1 atom stereocenters. The van der Waals surface area contributed by atoms with Crippen LogP contribution in [0.4, 0.5) is 5.82 Å². The molecule has 0 fully saturated rings. The fraction of sp³-hybridized carbons (Fsp3) is 0.500. The highest BCUT2D eigenvalue weighted by Crippen LogP contribution is 2.08. The van der Waals surface area contributed by atoms with E-state index >= 15 is 0 Å². The standard InChI is InChI=1S/C8H12ClN3O/c1-6(13)2-3-10-8-4-7(9)11-5-12-8/h4-6,13H,2-3H2,1H3,(H,10,11,12)/t6-/m0/s1. The average molecular weight is 202 g/mol. The second kappa shape index (κ2) is 4.99. The molecule has 1 aromatic rings. The molecule has 5 heteroatoms. The molecule has 0 spiro atoms. The van der Waals surface area contributed by atoms with E-state index in [1.807, 2.05) is 0 Å². The lowest BCUT2D eigenvalue weighted by Crippen LogP contribution is -2.10. The smallest absolute Gasteiger partial charge is 0.134 e. The zero-order chi connectivity index (χ0) is 9.68. The summed E-state index contributed by atoms with van der Waals surface area (Å²) in [5, 5.41) is 12.4. The third-order valence-electron chi connectivity index (χ3n) is 1.50. The van der Waals surface area contributed by atoms with E-state index in [2.05, 4.69) is 15.3 Å². The van der Waals surface area contributed by atoms with Crippen LogP contribution in [0.3, 0.4) is 0 Å². The van der Waals surface area contributed by atoms with Gasteiger partial charge in [0.05, 0.1) is 6.10 Å². The summed E-state index contributed by atoms with van der Waals surface area (Å²) in [7, 11) is 0. The van der Waals surface area contributed by atoms with Crippen LogP contribution in [-0.4, -0.2) is 27.7 Å². The van der Waals surface area contributed by atoms with Crippen molar-refractivity contribution in [1.29, 1.82) is 0 Å². The molecule has 1 aromatic heterocycles. The lowest BCUT2D eigenvalue weighted by molar-refractivity contribution is 0.188. The lowest BCUT2D eigenvalue weighted by atomic mass is 10.3. The second-order valence-corrected chi connectivity index (χ2v) is 3.18. The molecule has 0 aliphatic heterocycles. The molecule has 72 valence electrons. The summed E-state index contributed by atoms with van der Waals surface area (Å²) >= 11 is 5.65. The fourth-order valence-corrected chi connectivity index (χ4v) is 0.986. The maximum absolute atomic E-state index is 8.99. The molecule has 0 bridgehead atoms. The Labute approximate surface area is 82.0 Å². The molecule has 0 aromatic carbocycles. The minimum Gasteiger partial charge on any atom is -0.393 e. The molecular formula is C8H12ClN3O. The van der Waals surface area contributed by atoms with Gasteiger partial charge in [-0.3, -0.25) is 0 Å². The van der Waals surface area contributed by atoms with Crippen LogP contribution in [-0.2, 0) is 0 Å². The van der Waals surface area contributed by atoms with Gasteiger partial charge < -0.3 is 10.4 Å². The number of nitrogens with one attached hydrogen (secondary N) is 1. The first-order valence-corrected chi connectivity index (χ1v) is 4.46. The predicted molar refractivity (Wildman–Crippen MR) is 51.8 cm³/mol. The summed E-state index contributed by atoms with van der Waals surface area (Å²) in [6.07, 6.45) is 1.78. The number of anilines is 1. The van der Waals surface area contributed by atoms with Crippen LogP contribution in [0.5, 0.6) is 0 Å². The highest BCUT2D eigenvalue weighted by atomic mass is 35.5. The van der Waals surface area contributed by atoms with Crippen molar-refractivity contribution in [2.24, 2.45) is 0 Å². The van der Waals surface area contributed by atoms with Gasteiger partial charge in [-0.2, -0.15) is 0 Å². The first kappa shape index (κ1) is 10.2. The molecule has 4 nitrogen and oxygen atoms in total. The molecule has 0 amide bonds. The van der Waals surface area contributed by atoms with E-state index in [1.54, 1.807) is 13.0 Å². The Morgan fingerprint density at radius 2 is 2.38 bits per heavy atom. The summed E-state index contributed by atoms with van der Waals surface area (Å²) in [5.74, 6) is 0.681. The normalized spacial score (nSPS) is 12.5. The Morgan fingerprint density at radius 1 is 1.62 bits per heavy atom. The maximum Gasteiger partial charge on any atom is 0.134 e. The van der Waals surface area contributed by atoms with Crippen LogP contribution in [0.1, 0.15) is 13.3 Å². The summed E-state index contributed by atoms with van der Waals surface area (Å²) in [6.45, 7) is 2.42. The summed E-state index contributed by atoms with van der Waals surface area (Å²) in [5.41, 5.74) is 0. The number of hydrogen-bond acceptors (Lipinski definition) is 4.